The van der Waals surface area contributed by atoms with E-state index in [4.69, 9.17) is 27.9 Å². The third-order valence-corrected chi connectivity index (χ3v) is 5.72. The van der Waals surface area contributed by atoms with Crippen molar-refractivity contribution in [3.8, 4) is 11.5 Å². The van der Waals surface area contributed by atoms with Crippen LogP contribution in [0.2, 0.25) is 10.0 Å². The number of halogens is 8. The van der Waals surface area contributed by atoms with Gasteiger partial charge in [0.15, 0.2) is 0 Å². The van der Waals surface area contributed by atoms with Gasteiger partial charge in [0, 0.05) is 42.7 Å². The van der Waals surface area contributed by atoms with Gasteiger partial charge in [0.05, 0.1) is 23.3 Å². The van der Waals surface area contributed by atoms with Crippen LogP contribution in [0.4, 0.5) is 17.6 Å². The molecule has 0 amide bonds. The molecule has 0 N–H and O–H groups in total. The van der Waals surface area contributed by atoms with Crippen LogP contribution in [0.3, 0.4) is 0 Å². The molecule has 2 rings (SSSR count). The molecule has 0 aliphatic carbocycles. The number of hydrogen-bond donors (Lipinski definition) is 0. The van der Waals surface area contributed by atoms with Crippen LogP contribution >= 0.6 is 55.1 Å². The van der Waals surface area contributed by atoms with Gasteiger partial charge in [0.2, 0.25) is 0 Å². The molecular formula is C22H22Br2Cl2F4O3. The van der Waals surface area contributed by atoms with Gasteiger partial charge in [-0.15, -0.1) is 0 Å². The van der Waals surface area contributed by atoms with E-state index in [9.17, 15) is 17.6 Å². The second-order valence-corrected chi connectivity index (χ2v) is 11.3. The van der Waals surface area contributed by atoms with E-state index >= 15 is 0 Å². The Kier molecular flexibility index (Phi) is 9.05. The van der Waals surface area contributed by atoms with Gasteiger partial charge in [-0.05, 0) is 35.4 Å². The Labute approximate surface area is 216 Å². The fraction of sp³-hybridized carbons (Fsp3) is 0.455. The van der Waals surface area contributed by atoms with Crippen LogP contribution < -0.4 is 9.47 Å². The molecule has 11 heteroatoms. The Hall–Kier alpha value is -0.740. The number of hydrogen-bond acceptors (Lipinski definition) is 3. The van der Waals surface area contributed by atoms with E-state index in [-0.39, 0.29) is 21.5 Å². The minimum absolute atomic E-state index is 0.0473. The van der Waals surface area contributed by atoms with Crippen molar-refractivity contribution in [3.63, 3.8) is 0 Å². The summed E-state index contributed by atoms with van der Waals surface area (Å²) in [4.78, 5) is 0. The molecule has 0 aromatic heterocycles. The Morgan fingerprint density at radius 3 is 1.30 bits per heavy atom. The van der Waals surface area contributed by atoms with Crippen molar-refractivity contribution < 1.29 is 31.8 Å². The van der Waals surface area contributed by atoms with Gasteiger partial charge in [-0.1, -0.05) is 63.0 Å². The summed E-state index contributed by atoms with van der Waals surface area (Å²) >= 11 is 16.4. The van der Waals surface area contributed by atoms with E-state index in [1.807, 2.05) is 27.7 Å². The fourth-order valence-electron chi connectivity index (χ4n) is 2.99. The van der Waals surface area contributed by atoms with E-state index in [2.05, 4.69) is 41.3 Å². The third kappa shape index (κ3) is 8.76. The van der Waals surface area contributed by atoms with E-state index in [1.54, 1.807) is 24.3 Å². The van der Waals surface area contributed by atoms with Crippen LogP contribution in [0.1, 0.15) is 38.8 Å². The van der Waals surface area contributed by atoms with E-state index in [1.165, 1.54) is 12.1 Å². The Balaban J connectivity index is 2.05. The molecule has 3 nitrogen and oxygen atoms in total. The summed E-state index contributed by atoms with van der Waals surface area (Å²) in [7, 11) is 0. The highest BCUT2D eigenvalue weighted by Gasteiger charge is 2.31. The van der Waals surface area contributed by atoms with Crippen molar-refractivity contribution in [1.29, 1.82) is 0 Å². The largest absolute Gasteiger partial charge is 0.459 e. The summed E-state index contributed by atoms with van der Waals surface area (Å²) in [5.41, 5.74) is 0.560. The van der Waals surface area contributed by atoms with Crippen LogP contribution in [0.25, 0.3) is 0 Å². The van der Waals surface area contributed by atoms with Crippen LogP contribution in [-0.2, 0) is 15.6 Å². The number of alkyl halides is 6. The molecule has 0 fully saturated rings. The standard InChI is InChI=1S/C22H22Br2Cl2F4O3/c1-19(2,13-5-7-17(15(25)9-13)32-21(23,27)28)11-31-12-20(3,4)14-6-8-18(16(26)10-14)33-22(24,29)30/h5-10H,11-12H2,1-4H3. The monoisotopic (exact) mass is 638 g/mol. The first-order chi connectivity index (χ1) is 14.9. The van der Waals surface area contributed by atoms with Gasteiger partial charge >= 0.3 is 10.0 Å². The zero-order valence-electron chi connectivity index (χ0n) is 18.1. The molecule has 0 bridgehead atoms. The van der Waals surface area contributed by atoms with Gasteiger partial charge in [0.1, 0.15) is 11.5 Å². The highest BCUT2D eigenvalue weighted by molar-refractivity contribution is 9.10. The summed E-state index contributed by atoms with van der Waals surface area (Å²) in [5.74, 6) is -0.302. The Bertz CT molecular complexity index is 900. The maximum Gasteiger partial charge on any atom is 0.459 e. The van der Waals surface area contributed by atoms with Gasteiger partial charge in [-0.25, -0.2) is 0 Å². The topological polar surface area (TPSA) is 27.7 Å². The van der Waals surface area contributed by atoms with Crippen molar-refractivity contribution in [3.05, 3.63) is 57.6 Å². The molecule has 0 radical (unpaired) electrons. The number of rotatable bonds is 10. The lowest BCUT2D eigenvalue weighted by Crippen LogP contribution is -2.30. The average Bonchev–Trinajstić information content (AvgIpc) is 2.62. The molecule has 33 heavy (non-hydrogen) atoms. The molecule has 0 aliphatic rings. The molecular weight excluding hydrogens is 619 g/mol. The normalized spacial score (nSPS) is 13.2. The maximum absolute atomic E-state index is 13.0. The summed E-state index contributed by atoms with van der Waals surface area (Å²) in [6, 6.07) is 9.16. The average molecular weight is 641 g/mol. The molecule has 2 aromatic carbocycles. The summed E-state index contributed by atoms with van der Waals surface area (Å²) < 4.78 is 67.0. The second kappa shape index (κ2) is 10.5. The van der Waals surface area contributed by atoms with E-state index in [0.717, 1.165) is 11.1 Å². The first-order valence-electron chi connectivity index (χ1n) is 9.59. The van der Waals surface area contributed by atoms with Crippen LogP contribution in [0.5, 0.6) is 11.5 Å². The smallest absolute Gasteiger partial charge is 0.422 e. The lowest BCUT2D eigenvalue weighted by molar-refractivity contribution is -0.0809. The molecule has 2 aromatic rings. The van der Waals surface area contributed by atoms with Crippen molar-refractivity contribution >= 4 is 55.1 Å². The lowest BCUT2D eigenvalue weighted by Gasteiger charge is -2.30. The van der Waals surface area contributed by atoms with Crippen LogP contribution in [0.15, 0.2) is 36.4 Å². The van der Waals surface area contributed by atoms with Crippen molar-refractivity contribution in [2.75, 3.05) is 13.2 Å². The minimum atomic E-state index is -3.52. The first-order valence-corrected chi connectivity index (χ1v) is 11.9. The summed E-state index contributed by atoms with van der Waals surface area (Å²) in [5, 5.41) is -6.95. The van der Waals surface area contributed by atoms with Gasteiger partial charge < -0.3 is 14.2 Å². The molecule has 0 atom stereocenters. The second-order valence-electron chi connectivity index (χ2n) is 8.65. The predicted molar refractivity (Wildman–Crippen MR) is 129 cm³/mol. The minimum Gasteiger partial charge on any atom is -0.422 e. The SMILES string of the molecule is CC(C)(COCC(C)(C)c1ccc(OC(F)(F)Br)c(Cl)c1)c1ccc(OC(F)(F)Br)c(Cl)c1. The quantitative estimate of drug-likeness (QED) is 0.192. The highest BCUT2D eigenvalue weighted by atomic mass is 79.9. The molecule has 184 valence electrons. The predicted octanol–water partition coefficient (Wildman–Crippen LogP) is 8.91. The molecule has 0 saturated carbocycles. The number of benzene rings is 2. The van der Waals surface area contributed by atoms with Gasteiger partial charge in [0.25, 0.3) is 0 Å². The number of ether oxygens (including phenoxy) is 3. The Morgan fingerprint density at radius 2 is 1.03 bits per heavy atom. The summed E-state index contributed by atoms with van der Waals surface area (Å²) in [6.45, 7) is 8.30. The van der Waals surface area contributed by atoms with E-state index < -0.39 is 20.9 Å². The lowest BCUT2D eigenvalue weighted by atomic mass is 9.84. The van der Waals surface area contributed by atoms with Crippen LogP contribution in [-0.4, -0.2) is 23.2 Å². The fourth-order valence-corrected chi connectivity index (χ4v) is 3.77. The van der Waals surface area contributed by atoms with Gasteiger partial charge in [-0.3, -0.25) is 0 Å². The van der Waals surface area contributed by atoms with Crippen molar-refractivity contribution in [1.82, 2.24) is 0 Å². The highest BCUT2D eigenvalue weighted by Crippen LogP contribution is 2.38. The summed E-state index contributed by atoms with van der Waals surface area (Å²) in [6.07, 6.45) is 0. The van der Waals surface area contributed by atoms with E-state index in [0.29, 0.717) is 13.2 Å². The van der Waals surface area contributed by atoms with Crippen molar-refractivity contribution in [2.45, 2.75) is 48.6 Å². The Morgan fingerprint density at radius 1 is 0.697 bits per heavy atom. The van der Waals surface area contributed by atoms with Crippen molar-refractivity contribution in [2.24, 2.45) is 0 Å². The molecule has 0 unspecified atom stereocenters. The molecule has 0 spiro atoms. The zero-order chi connectivity index (χ0) is 25.2. The first kappa shape index (κ1) is 28.5. The maximum atomic E-state index is 13.0. The van der Waals surface area contributed by atoms with Gasteiger partial charge in [-0.2, -0.15) is 17.6 Å². The molecule has 0 heterocycles. The zero-order valence-corrected chi connectivity index (χ0v) is 22.8. The molecule has 0 aliphatic heterocycles. The third-order valence-electron chi connectivity index (χ3n) is 4.80. The molecule has 0 saturated heterocycles. The van der Waals surface area contributed by atoms with Crippen LogP contribution in [0, 0.1) is 0 Å².